The van der Waals surface area contributed by atoms with Crippen LogP contribution in [-0.2, 0) is 9.59 Å². The first kappa shape index (κ1) is 12.9. The number of carbonyl (C=O) groups excluding carboxylic acids is 2. The van der Waals surface area contributed by atoms with Gasteiger partial charge in [-0.3, -0.25) is 9.59 Å². The van der Waals surface area contributed by atoms with Crippen LogP contribution in [-0.4, -0.2) is 48.4 Å². The Bertz CT molecular complexity index is 354. The smallest absolute Gasteiger partial charge is 0.239 e. The lowest BCUT2D eigenvalue weighted by atomic mass is 10.0. The van der Waals surface area contributed by atoms with Gasteiger partial charge >= 0.3 is 0 Å². The minimum absolute atomic E-state index is 0.0394. The second-order valence-corrected chi connectivity index (χ2v) is 6.03. The standard InChI is InChI=1S/C14H23N3O2/c18-13(10-3-4-10)16-11-5-8-17(9-6-11)14(19)12-2-1-7-15-12/h10-12,15H,1-9H2,(H,16,18)/t12-/m1/s1. The number of likely N-dealkylation sites (tertiary alicyclic amines) is 1. The summed E-state index contributed by atoms with van der Waals surface area (Å²) < 4.78 is 0. The van der Waals surface area contributed by atoms with Gasteiger partial charge in [-0.2, -0.15) is 0 Å². The van der Waals surface area contributed by atoms with E-state index in [0.717, 1.165) is 58.2 Å². The summed E-state index contributed by atoms with van der Waals surface area (Å²) in [6.45, 7) is 2.53. The highest BCUT2D eigenvalue weighted by atomic mass is 16.2. The number of nitrogens with zero attached hydrogens (tertiary/aromatic N) is 1. The Morgan fingerprint density at radius 3 is 2.37 bits per heavy atom. The van der Waals surface area contributed by atoms with Crippen molar-refractivity contribution in [3.8, 4) is 0 Å². The second kappa shape index (κ2) is 5.49. The van der Waals surface area contributed by atoms with E-state index in [1.165, 1.54) is 0 Å². The monoisotopic (exact) mass is 265 g/mol. The fourth-order valence-electron chi connectivity index (χ4n) is 3.02. The third-order valence-electron chi connectivity index (χ3n) is 4.46. The van der Waals surface area contributed by atoms with E-state index in [4.69, 9.17) is 0 Å². The minimum atomic E-state index is 0.0394. The molecular formula is C14H23N3O2. The van der Waals surface area contributed by atoms with Crippen LogP contribution in [0.25, 0.3) is 0 Å². The molecule has 0 bridgehead atoms. The van der Waals surface area contributed by atoms with Crippen LogP contribution in [0.3, 0.4) is 0 Å². The Morgan fingerprint density at radius 1 is 1.05 bits per heavy atom. The van der Waals surface area contributed by atoms with Gasteiger partial charge in [0.1, 0.15) is 0 Å². The van der Waals surface area contributed by atoms with E-state index in [2.05, 4.69) is 10.6 Å². The highest BCUT2D eigenvalue weighted by Crippen LogP contribution is 2.29. The molecule has 2 saturated heterocycles. The van der Waals surface area contributed by atoms with Crippen LogP contribution < -0.4 is 10.6 Å². The molecule has 0 aromatic carbocycles. The van der Waals surface area contributed by atoms with Gasteiger partial charge in [0.05, 0.1) is 6.04 Å². The summed E-state index contributed by atoms with van der Waals surface area (Å²) in [6.07, 6.45) is 5.97. The van der Waals surface area contributed by atoms with Crippen LogP contribution in [0.15, 0.2) is 0 Å². The fraction of sp³-hybridized carbons (Fsp3) is 0.857. The van der Waals surface area contributed by atoms with Crippen LogP contribution in [0.5, 0.6) is 0 Å². The molecule has 2 aliphatic heterocycles. The molecule has 1 atom stereocenters. The summed E-state index contributed by atoms with van der Waals surface area (Å²) in [6, 6.07) is 0.311. The predicted molar refractivity (Wildman–Crippen MR) is 71.5 cm³/mol. The molecule has 1 saturated carbocycles. The van der Waals surface area contributed by atoms with Crippen LogP contribution in [0.2, 0.25) is 0 Å². The van der Waals surface area contributed by atoms with Gasteiger partial charge < -0.3 is 15.5 Å². The molecule has 5 heteroatoms. The molecule has 0 aromatic heterocycles. The van der Waals surface area contributed by atoms with E-state index in [1.807, 2.05) is 4.90 Å². The van der Waals surface area contributed by atoms with Gasteiger partial charge in [0.15, 0.2) is 0 Å². The third-order valence-corrected chi connectivity index (χ3v) is 4.46. The van der Waals surface area contributed by atoms with Gasteiger partial charge in [-0.15, -0.1) is 0 Å². The first-order chi connectivity index (χ1) is 9.24. The van der Waals surface area contributed by atoms with Crippen molar-refractivity contribution >= 4 is 11.8 Å². The molecule has 2 N–H and O–H groups in total. The van der Waals surface area contributed by atoms with Crippen LogP contribution in [0.4, 0.5) is 0 Å². The summed E-state index contributed by atoms with van der Waals surface area (Å²) in [5.41, 5.74) is 0. The molecule has 2 amide bonds. The van der Waals surface area contributed by atoms with Gasteiger partial charge in [0, 0.05) is 25.0 Å². The molecule has 0 radical (unpaired) electrons. The second-order valence-electron chi connectivity index (χ2n) is 6.03. The average Bonchev–Trinajstić information content (AvgIpc) is 3.14. The normalized spacial score (nSPS) is 28.4. The molecule has 1 aliphatic carbocycles. The lowest BCUT2D eigenvalue weighted by Gasteiger charge is -2.34. The number of hydrogen-bond acceptors (Lipinski definition) is 3. The summed E-state index contributed by atoms with van der Waals surface area (Å²) in [5.74, 6) is 0.758. The Morgan fingerprint density at radius 2 is 1.79 bits per heavy atom. The number of nitrogens with one attached hydrogen (secondary N) is 2. The van der Waals surface area contributed by atoms with E-state index in [9.17, 15) is 9.59 Å². The first-order valence-electron chi connectivity index (χ1n) is 7.56. The Kier molecular flexibility index (Phi) is 3.73. The van der Waals surface area contributed by atoms with Crippen molar-refractivity contribution < 1.29 is 9.59 Å². The summed E-state index contributed by atoms with van der Waals surface area (Å²) in [7, 11) is 0. The molecule has 0 unspecified atom stereocenters. The first-order valence-corrected chi connectivity index (χ1v) is 7.56. The van der Waals surface area contributed by atoms with Crippen molar-refractivity contribution in [3.05, 3.63) is 0 Å². The van der Waals surface area contributed by atoms with Crippen molar-refractivity contribution in [3.63, 3.8) is 0 Å². The maximum Gasteiger partial charge on any atom is 0.239 e. The topological polar surface area (TPSA) is 61.4 Å². The van der Waals surface area contributed by atoms with Gasteiger partial charge in [-0.05, 0) is 45.1 Å². The van der Waals surface area contributed by atoms with E-state index in [-0.39, 0.29) is 29.8 Å². The van der Waals surface area contributed by atoms with Crippen molar-refractivity contribution in [1.29, 1.82) is 0 Å². The van der Waals surface area contributed by atoms with Crippen molar-refractivity contribution in [1.82, 2.24) is 15.5 Å². The van der Waals surface area contributed by atoms with Crippen LogP contribution in [0.1, 0.15) is 38.5 Å². The van der Waals surface area contributed by atoms with Gasteiger partial charge in [0.2, 0.25) is 11.8 Å². The predicted octanol–water partition coefficient (Wildman–Crippen LogP) is 0.256. The Balaban J connectivity index is 1.43. The lowest BCUT2D eigenvalue weighted by Crippen LogP contribution is -2.51. The van der Waals surface area contributed by atoms with Crippen molar-refractivity contribution in [2.24, 2.45) is 5.92 Å². The highest BCUT2D eigenvalue weighted by molar-refractivity contribution is 5.82. The zero-order valence-corrected chi connectivity index (χ0v) is 11.4. The summed E-state index contributed by atoms with van der Waals surface area (Å²) >= 11 is 0. The maximum atomic E-state index is 12.2. The molecule has 2 heterocycles. The number of rotatable bonds is 3. The Hall–Kier alpha value is -1.10. The maximum absolute atomic E-state index is 12.2. The van der Waals surface area contributed by atoms with E-state index >= 15 is 0 Å². The fourth-order valence-corrected chi connectivity index (χ4v) is 3.02. The SMILES string of the molecule is O=C(NC1CCN(C(=O)[C@H]2CCCN2)CC1)C1CC1. The number of carbonyl (C=O) groups is 2. The van der Waals surface area contributed by atoms with Crippen molar-refractivity contribution in [2.75, 3.05) is 19.6 Å². The zero-order chi connectivity index (χ0) is 13.2. The van der Waals surface area contributed by atoms with Gasteiger partial charge in [0.25, 0.3) is 0 Å². The van der Waals surface area contributed by atoms with Crippen molar-refractivity contribution in [2.45, 2.75) is 50.6 Å². The van der Waals surface area contributed by atoms with Crippen LogP contribution >= 0.6 is 0 Å². The molecule has 3 rings (SSSR count). The Labute approximate surface area is 114 Å². The summed E-state index contributed by atoms with van der Waals surface area (Å²) in [5, 5.41) is 6.38. The van der Waals surface area contributed by atoms with Gasteiger partial charge in [-0.1, -0.05) is 0 Å². The number of amides is 2. The largest absolute Gasteiger partial charge is 0.353 e. The molecular weight excluding hydrogens is 242 g/mol. The molecule has 106 valence electrons. The number of hydrogen-bond donors (Lipinski definition) is 2. The zero-order valence-electron chi connectivity index (χ0n) is 11.4. The molecule has 3 aliphatic rings. The van der Waals surface area contributed by atoms with E-state index in [0.29, 0.717) is 0 Å². The molecule has 0 aromatic rings. The summed E-state index contributed by atoms with van der Waals surface area (Å²) in [4.78, 5) is 25.9. The number of piperidine rings is 1. The van der Waals surface area contributed by atoms with Gasteiger partial charge in [-0.25, -0.2) is 0 Å². The third kappa shape index (κ3) is 3.08. The lowest BCUT2D eigenvalue weighted by molar-refractivity contribution is -0.134. The van der Waals surface area contributed by atoms with E-state index in [1.54, 1.807) is 0 Å². The highest BCUT2D eigenvalue weighted by Gasteiger charge is 2.33. The van der Waals surface area contributed by atoms with Crippen LogP contribution in [0, 0.1) is 5.92 Å². The molecule has 3 fully saturated rings. The minimum Gasteiger partial charge on any atom is -0.353 e. The average molecular weight is 265 g/mol. The molecule has 0 spiro atoms. The molecule has 5 nitrogen and oxygen atoms in total. The quantitative estimate of drug-likeness (QED) is 0.769. The van der Waals surface area contributed by atoms with E-state index < -0.39 is 0 Å². The molecule has 19 heavy (non-hydrogen) atoms.